The van der Waals surface area contributed by atoms with E-state index >= 15 is 0 Å². The molecule has 25 heavy (non-hydrogen) atoms. The molecule has 0 saturated carbocycles. The van der Waals surface area contributed by atoms with Crippen molar-refractivity contribution in [2.45, 2.75) is 13.8 Å². The van der Waals surface area contributed by atoms with Crippen molar-refractivity contribution in [3.8, 4) is 0 Å². The van der Waals surface area contributed by atoms with Crippen molar-refractivity contribution in [1.82, 2.24) is 0 Å². The summed E-state index contributed by atoms with van der Waals surface area (Å²) in [4.78, 5) is 0. The summed E-state index contributed by atoms with van der Waals surface area (Å²) in [6, 6.07) is 25.7. The normalized spacial score (nSPS) is 8.40. The maximum Gasteiger partial charge on any atom is 2.00 e. The number of fused-ring (bicyclic) bond motifs is 2. The van der Waals surface area contributed by atoms with Gasteiger partial charge in [0.1, 0.15) is 0 Å². The van der Waals surface area contributed by atoms with E-state index in [9.17, 15) is 0 Å². The second-order valence-corrected chi connectivity index (χ2v) is 5.32. The molecule has 0 amide bonds. The van der Waals surface area contributed by atoms with Gasteiger partial charge in [-0.2, -0.15) is 12.1 Å². The van der Waals surface area contributed by atoms with Crippen LogP contribution < -0.4 is 24.8 Å². The summed E-state index contributed by atoms with van der Waals surface area (Å²) in [5.41, 5.74) is 2.70. The van der Waals surface area contributed by atoms with E-state index in [-0.39, 0.29) is 72.9 Å². The topological polar surface area (TPSA) is 0 Å². The largest absolute Gasteiger partial charge is 2.00 e. The van der Waals surface area contributed by atoms with Crippen LogP contribution in [0.25, 0.3) is 21.5 Å². The maximum absolute atomic E-state index is 2.20. The van der Waals surface area contributed by atoms with Crippen molar-refractivity contribution in [1.29, 1.82) is 0 Å². The van der Waals surface area contributed by atoms with Gasteiger partial charge in [-0.25, -0.2) is 0 Å². The molecule has 0 N–H and O–H groups in total. The zero-order chi connectivity index (χ0) is 13.9. The quantitative estimate of drug-likeness (QED) is 0.225. The van der Waals surface area contributed by atoms with Crippen LogP contribution in [0.3, 0.4) is 0 Å². The molecule has 4 aromatic carbocycles. The molecule has 0 atom stereocenters. The molecule has 0 unspecified atom stereocenters. The van der Waals surface area contributed by atoms with Crippen molar-refractivity contribution >= 4 is 43.5 Å². The Morgan fingerprint density at radius 3 is 1.24 bits per heavy atom. The summed E-state index contributed by atoms with van der Waals surface area (Å²) in [6.07, 6.45) is 0. The van der Waals surface area contributed by atoms with Crippen molar-refractivity contribution in [3.63, 3.8) is 0 Å². The molecule has 0 aliphatic carbocycles. The average Bonchev–Trinajstić information content (AvgIpc) is 2.99. The Balaban J connectivity index is -0.000000323. The molecule has 0 heterocycles. The van der Waals surface area contributed by atoms with E-state index in [1.165, 1.54) is 32.7 Å². The zero-order valence-corrected chi connectivity index (χ0v) is 20.2. The molecule has 0 aromatic heterocycles. The molecule has 0 fully saturated rings. The average molecular weight is 477 g/mol. The minimum absolute atomic E-state index is 0. The third kappa shape index (κ3) is 7.76. The molecule has 8 radical (unpaired) electrons. The van der Waals surface area contributed by atoms with Crippen LogP contribution in [0, 0.1) is 13.8 Å². The summed E-state index contributed by atoms with van der Waals surface area (Å²) < 4.78 is 0. The first-order valence-corrected chi connectivity index (χ1v) is 6.96. The predicted octanol–water partition coefficient (Wildman–Crippen LogP) is -1.02. The molecule has 0 aliphatic heterocycles. The first-order chi connectivity index (χ1) is 9.72. The van der Waals surface area contributed by atoms with Crippen LogP contribution in [0.1, 0.15) is 11.1 Å². The Morgan fingerprint density at radius 1 is 0.600 bits per heavy atom. The first-order valence-electron chi connectivity index (χ1n) is 6.96. The molecular formula is C20H18Cl2Si2Zr-2. The number of hydrogen-bond donors (Lipinski definition) is 0. The number of halogens is 2. The van der Waals surface area contributed by atoms with Crippen LogP contribution >= 0.6 is 0 Å². The molecular weight excluding hydrogens is 459 g/mol. The van der Waals surface area contributed by atoms with Gasteiger partial charge in [0, 0.05) is 21.9 Å². The number of benzene rings is 2. The molecule has 5 heteroatoms. The van der Waals surface area contributed by atoms with Gasteiger partial charge in [-0.3, -0.25) is 0 Å². The fourth-order valence-corrected chi connectivity index (χ4v) is 2.61. The van der Waals surface area contributed by atoms with E-state index in [0.717, 1.165) is 0 Å². The second kappa shape index (κ2) is 13.7. The molecule has 0 spiro atoms. The van der Waals surface area contributed by atoms with E-state index in [0.29, 0.717) is 0 Å². The summed E-state index contributed by atoms with van der Waals surface area (Å²) in [6.45, 7) is 4.25. The van der Waals surface area contributed by atoms with Gasteiger partial charge in [0.2, 0.25) is 0 Å². The van der Waals surface area contributed by atoms with Crippen LogP contribution in [0.4, 0.5) is 0 Å². The monoisotopic (exact) mass is 474 g/mol. The van der Waals surface area contributed by atoms with Crippen LogP contribution in [0.15, 0.2) is 72.8 Å². The zero-order valence-electron chi connectivity index (χ0n) is 14.2. The summed E-state index contributed by atoms with van der Waals surface area (Å²) in [5, 5.41) is 5.39. The van der Waals surface area contributed by atoms with Crippen molar-refractivity contribution < 1.29 is 51.0 Å². The smallest absolute Gasteiger partial charge is 1.00 e. The molecule has 0 bridgehead atoms. The van der Waals surface area contributed by atoms with Gasteiger partial charge in [0.15, 0.2) is 0 Å². The molecule has 0 saturated heterocycles. The minimum atomic E-state index is 0. The second-order valence-electron chi connectivity index (χ2n) is 5.32. The van der Waals surface area contributed by atoms with Gasteiger partial charge in [0.25, 0.3) is 0 Å². The van der Waals surface area contributed by atoms with E-state index in [1.54, 1.807) is 0 Å². The van der Waals surface area contributed by atoms with E-state index in [1.807, 2.05) is 0 Å². The van der Waals surface area contributed by atoms with E-state index in [4.69, 9.17) is 0 Å². The molecule has 4 aromatic rings. The predicted molar refractivity (Wildman–Crippen MR) is 100 cm³/mol. The van der Waals surface area contributed by atoms with Crippen molar-refractivity contribution in [3.05, 3.63) is 83.9 Å². The van der Waals surface area contributed by atoms with Gasteiger partial charge in [-0.1, -0.05) is 26.0 Å². The van der Waals surface area contributed by atoms with Crippen molar-refractivity contribution in [2.75, 3.05) is 0 Å². The van der Waals surface area contributed by atoms with Crippen LogP contribution in [0.5, 0.6) is 0 Å². The molecule has 4 rings (SSSR count). The van der Waals surface area contributed by atoms with Gasteiger partial charge in [-0.15, -0.1) is 81.2 Å². The fraction of sp³-hybridized carbons (Fsp3) is 0.100. The van der Waals surface area contributed by atoms with E-state index in [2.05, 4.69) is 86.6 Å². The van der Waals surface area contributed by atoms with Crippen molar-refractivity contribution in [2.24, 2.45) is 0 Å². The van der Waals surface area contributed by atoms with Gasteiger partial charge < -0.3 is 24.8 Å². The number of rotatable bonds is 0. The maximum atomic E-state index is 2.20. The molecule has 0 aliphatic rings. The Labute approximate surface area is 191 Å². The summed E-state index contributed by atoms with van der Waals surface area (Å²) in [7, 11) is 0. The minimum Gasteiger partial charge on any atom is -1.00 e. The standard InChI is InChI=1S/2C10H9.2ClH.2Si.Zr/c2*1-8-6-9-4-2-3-5-10(9)7-8;;;;;/h2*2-7H,1H3;2*1H;;;/q2*-1;;;;;+2/p-2. The van der Waals surface area contributed by atoms with Crippen LogP contribution in [-0.2, 0) is 26.2 Å². The number of hydrogen-bond acceptors (Lipinski definition) is 0. The van der Waals surface area contributed by atoms with Gasteiger partial charge in [0.05, 0.1) is 0 Å². The van der Waals surface area contributed by atoms with Gasteiger partial charge >= 0.3 is 26.2 Å². The SMILES string of the molecule is Cc1cc2ccccc2[cH-]1.Cc1cc2ccccc2[cH-]1.[Cl-].[Cl-].[Si].[Si].[Zr+2]. The van der Waals surface area contributed by atoms with Crippen LogP contribution in [-0.4, -0.2) is 21.9 Å². The van der Waals surface area contributed by atoms with E-state index < -0.39 is 0 Å². The first kappa shape index (κ1) is 29.3. The number of aryl methyl sites for hydroxylation is 2. The summed E-state index contributed by atoms with van der Waals surface area (Å²) >= 11 is 0. The van der Waals surface area contributed by atoms with Gasteiger partial charge in [-0.05, 0) is 0 Å². The fourth-order valence-electron chi connectivity index (χ4n) is 2.61. The Kier molecular flexibility index (Phi) is 16.1. The third-order valence-corrected chi connectivity index (χ3v) is 3.52. The third-order valence-electron chi connectivity index (χ3n) is 3.52. The summed E-state index contributed by atoms with van der Waals surface area (Å²) in [5.74, 6) is 0. The molecule has 126 valence electrons. The molecule has 0 nitrogen and oxygen atoms in total. The Morgan fingerprint density at radius 2 is 0.920 bits per heavy atom. The Bertz CT molecular complexity index is 715. The van der Waals surface area contributed by atoms with Crippen LogP contribution in [0.2, 0.25) is 0 Å². The Hall–Kier alpha value is -0.443.